The molecular formula is C16H19ClN4O3S. The van der Waals surface area contributed by atoms with Gasteiger partial charge >= 0.3 is 6.03 Å². The molecule has 2 aliphatic heterocycles. The van der Waals surface area contributed by atoms with Gasteiger partial charge in [-0.05, 0) is 31.5 Å². The molecule has 0 saturated carbocycles. The maximum atomic E-state index is 12.8. The van der Waals surface area contributed by atoms with E-state index in [1.807, 2.05) is 6.07 Å². The van der Waals surface area contributed by atoms with E-state index in [0.29, 0.717) is 48.0 Å². The number of carbonyl (C=O) groups is 1. The second-order valence-electron chi connectivity index (χ2n) is 6.18. The third-order valence-electron chi connectivity index (χ3n) is 4.84. The number of urea groups is 1. The van der Waals surface area contributed by atoms with Gasteiger partial charge in [0.1, 0.15) is 6.07 Å². The fraction of sp³-hybridized carbons (Fsp3) is 0.500. The number of halogens is 1. The quantitative estimate of drug-likeness (QED) is 0.797. The zero-order valence-electron chi connectivity index (χ0n) is 14.1. The first-order valence-corrected chi connectivity index (χ1v) is 10.0. The Hall–Kier alpha value is -1.82. The van der Waals surface area contributed by atoms with Gasteiger partial charge in [0.05, 0.1) is 22.4 Å². The molecule has 0 unspecified atom stereocenters. The van der Waals surface area contributed by atoms with Crippen LogP contribution in [0.15, 0.2) is 12.1 Å². The molecule has 0 spiro atoms. The number of anilines is 1. The van der Waals surface area contributed by atoms with Gasteiger partial charge in [-0.3, -0.25) is 4.90 Å². The van der Waals surface area contributed by atoms with Crippen molar-refractivity contribution in [1.29, 1.82) is 5.26 Å². The van der Waals surface area contributed by atoms with E-state index in [9.17, 15) is 13.2 Å². The first-order chi connectivity index (χ1) is 11.8. The van der Waals surface area contributed by atoms with Crippen LogP contribution in [0.1, 0.15) is 18.1 Å². The number of fused-ring (bicyclic) bond motifs is 1. The number of carbonyl (C=O) groups excluding carboxylic acids is 1. The van der Waals surface area contributed by atoms with Crippen molar-refractivity contribution >= 4 is 33.3 Å². The molecule has 1 aromatic rings. The molecule has 134 valence electrons. The standard InChI is InChI=1S/C16H19ClN4O3S/c1-3-25(23,24)19-6-7-20-13(9-19)10-21(16(20)22)14-5-4-12(8-18)15(17)11(14)2/h4-5,13H,3,6-7,9-10H2,1-2H3/t13-/m0/s1. The highest BCUT2D eigenvalue weighted by molar-refractivity contribution is 7.89. The number of piperazine rings is 1. The van der Waals surface area contributed by atoms with Crippen molar-refractivity contribution < 1.29 is 13.2 Å². The molecule has 0 aromatic heterocycles. The molecular weight excluding hydrogens is 364 g/mol. The van der Waals surface area contributed by atoms with E-state index in [4.69, 9.17) is 16.9 Å². The normalized spacial score (nSPS) is 21.4. The molecule has 2 heterocycles. The van der Waals surface area contributed by atoms with E-state index in [0.717, 1.165) is 0 Å². The predicted octanol–water partition coefficient (Wildman–Crippen LogP) is 1.80. The van der Waals surface area contributed by atoms with Gasteiger partial charge in [0, 0.05) is 31.9 Å². The van der Waals surface area contributed by atoms with E-state index in [1.165, 1.54) is 4.31 Å². The summed E-state index contributed by atoms with van der Waals surface area (Å²) in [6, 6.07) is 5.01. The van der Waals surface area contributed by atoms with Crippen LogP contribution in [-0.2, 0) is 10.0 Å². The third-order valence-corrected chi connectivity index (χ3v) is 7.18. The third kappa shape index (κ3) is 2.97. The lowest BCUT2D eigenvalue weighted by Gasteiger charge is -2.35. The Morgan fingerprint density at radius 3 is 2.68 bits per heavy atom. The number of amides is 2. The summed E-state index contributed by atoms with van der Waals surface area (Å²) < 4.78 is 25.7. The van der Waals surface area contributed by atoms with Crippen molar-refractivity contribution in [3.8, 4) is 6.07 Å². The molecule has 2 aliphatic rings. The second-order valence-corrected chi connectivity index (χ2v) is 8.82. The molecule has 3 rings (SSSR count). The smallest absolute Gasteiger partial charge is 0.317 e. The van der Waals surface area contributed by atoms with Crippen LogP contribution in [0.4, 0.5) is 10.5 Å². The highest BCUT2D eigenvalue weighted by Crippen LogP contribution is 2.34. The molecule has 25 heavy (non-hydrogen) atoms. The molecule has 0 aliphatic carbocycles. The highest BCUT2D eigenvalue weighted by atomic mass is 35.5. The molecule has 2 amide bonds. The molecule has 2 saturated heterocycles. The predicted molar refractivity (Wildman–Crippen MR) is 95.2 cm³/mol. The molecule has 1 atom stereocenters. The maximum absolute atomic E-state index is 12.8. The van der Waals surface area contributed by atoms with Gasteiger partial charge in [-0.2, -0.15) is 9.57 Å². The Morgan fingerprint density at radius 2 is 2.04 bits per heavy atom. The van der Waals surface area contributed by atoms with Crippen LogP contribution in [0.25, 0.3) is 0 Å². The molecule has 2 fully saturated rings. The van der Waals surface area contributed by atoms with E-state index in [2.05, 4.69) is 0 Å². The van der Waals surface area contributed by atoms with Crippen LogP contribution in [0.5, 0.6) is 0 Å². The summed E-state index contributed by atoms with van der Waals surface area (Å²) >= 11 is 6.22. The number of hydrogen-bond donors (Lipinski definition) is 0. The monoisotopic (exact) mass is 382 g/mol. The molecule has 7 nitrogen and oxygen atoms in total. The van der Waals surface area contributed by atoms with Crippen molar-refractivity contribution in [3.05, 3.63) is 28.3 Å². The number of benzene rings is 1. The molecule has 0 bridgehead atoms. The minimum absolute atomic E-state index is 0.0573. The zero-order chi connectivity index (χ0) is 18.4. The fourth-order valence-corrected chi connectivity index (χ4v) is 4.70. The average Bonchev–Trinajstić information content (AvgIpc) is 2.93. The summed E-state index contributed by atoms with van der Waals surface area (Å²) in [6.45, 7) is 4.80. The summed E-state index contributed by atoms with van der Waals surface area (Å²) in [5.74, 6) is 0.0573. The van der Waals surface area contributed by atoms with E-state index >= 15 is 0 Å². The van der Waals surface area contributed by atoms with Crippen LogP contribution in [-0.4, -0.2) is 61.6 Å². The lowest BCUT2D eigenvalue weighted by molar-refractivity contribution is 0.165. The SMILES string of the molecule is CCS(=O)(=O)N1CCN2C(=O)N(c3ccc(C#N)c(Cl)c3C)C[C@@H]2C1. The van der Waals surface area contributed by atoms with E-state index in [1.54, 1.807) is 35.8 Å². The maximum Gasteiger partial charge on any atom is 0.324 e. The summed E-state index contributed by atoms with van der Waals surface area (Å²) in [5, 5.41) is 9.40. The second kappa shape index (κ2) is 6.48. The van der Waals surface area contributed by atoms with E-state index < -0.39 is 10.0 Å². The van der Waals surface area contributed by atoms with Crippen LogP contribution in [0.3, 0.4) is 0 Å². The Balaban J connectivity index is 1.87. The number of nitrogens with zero attached hydrogens (tertiary/aromatic N) is 4. The number of rotatable bonds is 3. The summed E-state index contributed by atoms with van der Waals surface area (Å²) in [6.07, 6.45) is 0. The van der Waals surface area contributed by atoms with Gasteiger partial charge in [0.25, 0.3) is 0 Å². The summed E-state index contributed by atoms with van der Waals surface area (Å²) in [5.41, 5.74) is 1.70. The zero-order valence-corrected chi connectivity index (χ0v) is 15.6. The number of nitriles is 1. The Morgan fingerprint density at radius 1 is 1.32 bits per heavy atom. The first-order valence-electron chi connectivity index (χ1n) is 8.05. The van der Waals surface area contributed by atoms with E-state index in [-0.39, 0.29) is 17.8 Å². The van der Waals surface area contributed by atoms with Gasteiger partial charge in [-0.25, -0.2) is 13.2 Å². The van der Waals surface area contributed by atoms with Crippen molar-refractivity contribution in [1.82, 2.24) is 9.21 Å². The van der Waals surface area contributed by atoms with Crippen molar-refractivity contribution in [2.24, 2.45) is 0 Å². The molecule has 0 radical (unpaired) electrons. The van der Waals surface area contributed by atoms with Gasteiger partial charge < -0.3 is 4.90 Å². The lowest BCUT2D eigenvalue weighted by atomic mass is 10.1. The van der Waals surface area contributed by atoms with Crippen molar-refractivity contribution in [2.75, 3.05) is 36.8 Å². The number of sulfonamides is 1. The van der Waals surface area contributed by atoms with Crippen LogP contribution in [0.2, 0.25) is 5.02 Å². The summed E-state index contributed by atoms with van der Waals surface area (Å²) in [7, 11) is -3.26. The molecule has 0 N–H and O–H groups in total. The fourth-order valence-electron chi connectivity index (χ4n) is 3.37. The van der Waals surface area contributed by atoms with Gasteiger partial charge in [-0.15, -0.1) is 0 Å². The first kappa shape index (κ1) is 18.0. The molecule has 9 heteroatoms. The minimum atomic E-state index is -3.26. The van der Waals surface area contributed by atoms with Gasteiger partial charge in [0.2, 0.25) is 10.0 Å². The Labute approximate surface area is 152 Å². The molecule has 1 aromatic carbocycles. The minimum Gasteiger partial charge on any atom is -0.317 e. The van der Waals surface area contributed by atoms with Gasteiger partial charge in [-0.1, -0.05) is 11.6 Å². The topological polar surface area (TPSA) is 84.7 Å². The van der Waals surface area contributed by atoms with Crippen molar-refractivity contribution in [3.63, 3.8) is 0 Å². The average molecular weight is 383 g/mol. The lowest BCUT2D eigenvalue weighted by Crippen LogP contribution is -2.53. The Kier molecular flexibility index (Phi) is 4.66. The highest BCUT2D eigenvalue weighted by Gasteiger charge is 2.43. The van der Waals surface area contributed by atoms with Crippen LogP contribution < -0.4 is 4.90 Å². The van der Waals surface area contributed by atoms with Crippen molar-refractivity contribution in [2.45, 2.75) is 19.9 Å². The number of hydrogen-bond acceptors (Lipinski definition) is 4. The Bertz CT molecular complexity index is 865. The van der Waals surface area contributed by atoms with Crippen LogP contribution >= 0.6 is 11.6 Å². The largest absolute Gasteiger partial charge is 0.324 e. The summed E-state index contributed by atoms with van der Waals surface area (Å²) in [4.78, 5) is 16.1. The van der Waals surface area contributed by atoms with Gasteiger partial charge in [0.15, 0.2) is 0 Å². The van der Waals surface area contributed by atoms with Crippen LogP contribution in [0, 0.1) is 18.3 Å².